The summed E-state index contributed by atoms with van der Waals surface area (Å²) in [6.07, 6.45) is 1.16. The maximum absolute atomic E-state index is 3.56. The van der Waals surface area contributed by atoms with Crippen molar-refractivity contribution in [1.29, 1.82) is 0 Å². The monoisotopic (exact) mass is 301 g/mol. The van der Waals surface area contributed by atoms with Crippen LogP contribution in [-0.2, 0) is 0 Å². The van der Waals surface area contributed by atoms with E-state index >= 15 is 0 Å². The quantitative estimate of drug-likeness (QED) is 0.620. The number of hydrogen-bond donors (Lipinski definition) is 1. The maximum Gasteiger partial charge on any atom is 0.0176 e. The van der Waals surface area contributed by atoms with Gasteiger partial charge in [-0.2, -0.15) is 0 Å². The molecule has 1 rings (SSSR count). The smallest absolute Gasteiger partial charge is 0.0176 e. The molecule has 0 aliphatic heterocycles. The lowest BCUT2D eigenvalue weighted by molar-refractivity contribution is 0.388. The minimum Gasteiger partial charge on any atom is -0.311 e. The Bertz CT molecular complexity index is 308. The van der Waals surface area contributed by atoms with Gasteiger partial charge >= 0.3 is 0 Å². The predicted molar refractivity (Wildman–Crippen MR) is 77.2 cm³/mol. The lowest BCUT2D eigenvalue weighted by atomic mass is 10.0. The van der Waals surface area contributed by atoms with Crippen molar-refractivity contribution in [1.82, 2.24) is 5.32 Å². The molecule has 0 aliphatic rings. The summed E-state index contributed by atoms with van der Waals surface area (Å²) in [6, 6.07) is 8.48. The lowest BCUT2D eigenvalue weighted by Gasteiger charge is -2.24. The molecule has 0 heterocycles. The Morgan fingerprint density at radius 2 is 1.88 bits per heavy atom. The van der Waals surface area contributed by atoms with Gasteiger partial charge in [0.25, 0.3) is 0 Å². The highest BCUT2D eigenvalue weighted by Gasteiger charge is 2.12. The van der Waals surface area contributed by atoms with Crippen molar-refractivity contribution >= 4 is 27.7 Å². The summed E-state index contributed by atoms with van der Waals surface area (Å²) in [7, 11) is 0. The van der Waals surface area contributed by atoms with Crippen LogP contribution in [0, 0.1) is 0 Å². The fourth-order valence-electron chi connectivity index (χ4n) is 1.21. The van der Waals surface area contributed by atoms with Crippen molar-refractivity contribution in [3.63, 3.8) is 0 Å². The van der Waals surface area contributed by atoms with Crippen LogP contribution in [0.25, 0.3) is 0 Å². The van der Waals surface area contributed by atoms with Gasteiger partial charge in [-0.05, 0) is 44.5 Å². The third-order valence-corrected chi connectivity index (χ3v) is 4.21. The topological polar surface area (TPSA) is 12.0 Å². The van der Waals surface area contributed by atoms with E-state index in [0.29, 0.717) is 0 Å². The average Bonchev–Trinajstić information content (AvgIpc) is 2.27. The fraction of sp³-hybridized carbons (Fsp3) is 0.538. The first kappa shape index (κ1) is 14.1. The van der Waals surface area contributed by atoms with Crippen molar-refractivity contribution in [2.45, 2.75) is 37.6 Å². The highest BCUT2D eigenvalue weighted by molar-refractivity contribution is 9.10. The summed E-state index contributed by atoms with van der Waals surface area (Å²) in [6.45, 7) is 7.77. The third-order valence-electron chi connectivity index (χ3n) is 2.67. The van der Waals surface area contributed by atoms with Crippen LogP contribution in [0.4, 0.5) is 0 Å². The van der Waals surface area contributed by atoms with Crippen molar-refractivity contribution in [3.8, 4) is 0 Å². The van der Waals surface area contributed by atoms with E-state index in [-0.39, 0.29) is 5.54 Å². The number of hydrogen-bond acceptors (Lipinski definition) is 2. The molecule has 0 amide bonds. The Morgan fingerprint density at radius 3 is 2.44 bits per heavy atom. The molecule has 0 atom stereocenters. The Hall–Kier alpha value is 0.01000. The van der Waals surface area contributed by atoms with Crippen LogP contribution in [0.15, 0.2) is 33.6 Å². The van der Waals surface area contributed by atoms with Crippen molar-refractivity contribution in [2.24, 2.45) is 0 Å². The first-order valence-electron chi connectivity index (χ1n) is 5.67. The molecule has 0 saturated heterocycles. The van der Waals surface area contributed by atoms with Crippen molar-refractivity contribution < 1.29 is 0 Å². The largest absolute Gasteiger partial charge is 0.311 e. The molecule has 0 bridgehead atoms. The first-order chi connectivity index (χ1) is 7.53. The molecule has 1 nitrogen and oxygen atoms in total. The lowest BCUT2D eigenvalue weighted by Crippen LogP contribution is -2.39. The minimum absolute atomic E-state index is 0.264. The summed E-state index contributed by atoms with van der Waals surface area (Å²) < 4.78 is 1.14. The van der Waals surface area contributed by atoms with Crippen LogP contribution in [0.3, 0.4) is 0 Å². The normalized spacial score (nSPS) is 11.8. The molecule has 1 N–H and O–H groups in total. The summed E-state index contributed by atoms with van der Waals surface area (Å²) in [4.78, 5) is 1.33. The highest BCUT2D eigenvalue weighted by atomic mass is 79.9. The molecule has 0 radical (unpaired) electrons. The zero-order valence-corrected chi connectivity index (χ0v) is 12.6. The van der Waals surface area contributed by atoms with Crippen LogP contribution in [0.1, 0.15) is 27.2 Å². The Kier molecular flexibility index (Phi) is 5.87. The maximum atomic E-state index is 3.56. The van der Waals surface area contributed by atoms with Crippen molar-refractivity contribution in [3.05, 3.63) is 28.7 Å². The molecule has 0 spiro atoms. The van der Waals surface area contributed by atoms with Crippen LogP contribution in [0.5, 0.6) is 0 Å². The first-order valence-corrected chi connectivity index (χ1v) is 7.45. The van der Waals surface area contributed by atoms with Gasteiger partial charge in [0.1, 0.15) is 0 Å². The number of benzene rings is 1. The zero-order valence-electron chi connectivity index (χ0n) is 10.2. The van der Waals surface area contributed by atoms with E-state index < -0.39 is 0 Å². The number of rotatable bonds is 6. The number of halogens is 1. The molecule has 16 heavy (non-hydrogen) atoms. The van der Waals surface area contributed by atoms with E-state index in [1.165, 1.54) is 4.90 Å². The second-order valence-corrected chi connectivity index (χ2v) is 6.55. The zero-order chi connectivity index (χ0) is 12.0. The molecule has 0 aromatic heterocycles. The van der Waals surface area contributed by atoms with Gasteiger partial charge < -0.3 is 5.32 Å². The van der Waals surface area contributed by atoms with E-state index in [4.69, 9.17) is 0 Å². The molecule has 0 aliphatic carbocycles. The van der Waals surface area contributed by atoms with E-state index in [1.54, 1.807) is 0 Å². The van der Waals surface area contributed by atoms with E-state index in [2.05, 4.69) is 66.3 Å². The molecule has 1 aromatic rings. The van der Waals surface area contributed by atoms with E-state index in [0.717, 1.165) is 23.2 Å². The molecule has 0 fully saturated rings. The summed E-state index contributed by atoms with van der Waals surface area (Å²) in [5, 5.41) is 3.56. The van der Waals surface area contributed by atoms with Gasteiger partial charge in [0.15, 0.2) is 0 Å². The Morgan fingerprint density at radius 1 is 1.25 bits per heavy atom. The summed E-state index contributed by atoms with van der Waals surface area (Å²) in [5.74, 6) is 1.12. The van der Waals surface area contributed by atoms with E-state index in [9.17, 15) is 0 Å². The van der Waals surface area contributed by atoms with Gasteiger partial charge in [0.2, 0.25) is 0 Å². The SMILES string of the molecule is CCC(C)(C)NCCSc1ccc(Br)cc1. The van der Waals surface area contributed by atoms with Gasteiger partial charge in [-0.3, -0.25) is 0 Å². The summed E-state index contributed by atoms with van der Waals surface area (Å²) in [5.41, 5.74) is 0.264. The molecule has 0 saturated carbocycles. The second kappa shape index (κ2) is 6.67. The van der Waals surface area contributed by atoms with Gasteiger partial charge in [-0.15, -0.1) is 11.8 Å². The number of thioether (sulfide) groups is 1. The molecular weight excluding hydrogens is 282 g/mol. The van der Waals surface area contributed by atoms with Crippen LogP contribution in [-0.4, -0.2) is 17.8 Å². The average molecular weight is 302 g/mol. The van der Waals surface area contributed by atoms with Crippen LogP contribution >= 0.6 is 27.7 Å². The van der Waals surface area contributed by atoms with Crippen LogP contribution < -0.4 is 5.32 Å². The Labute approximate surface area is 112 Å². The summed E-state index contributed by atoms with van der Waals surface area (Å²) >= 11 is 5.34. The molecule has 90 valence electrons. The standard InChI is InChI=1S/C13H20BrNS/c1-4-13(2,3)15-9-10-16-12-7-5-11(14)6-8-12/h5-8,15H,4,9-10H2,1-3H3. The fourth-order valence-corrected chi connectivity index (χ4v) is 2.25. The van der Waals surface area contributed by atoms with Gasteiger partial charge in [0.05, 0.1) is 0 Å². The number of nitrogens with one attached hydrogen (secondary N) is 1. The van der Waals surface area contributed by atoms with Crippen molar-refractivity contribution in [2.75, 3.05) is 12.3 Å². The predicted octanol–water partition coefficient (Wildman–Crippen LogP) is 4.32. The third kappa shape index (κ3) is 5.37. The Balaban J connectivity index is 2.23. The molecule has 0 unspecified atom stereocenters. The molecule has 3 heteroatoms. The van der Waals surface area contributed by atoms with Crippen LogP contribution in [0.2, 0.25) is 0 Å². The van der Waals surface area contributed by atoms with Gasteiger partial charge in [0, 0.05) is 27.2 Å². The minimum atomic E-state index is 0.264. The molecule has 1 aromatic carbocycles. The van der Waals surface area contributed by atoms with E-state index in [1.807, 2.05) is 11.8 Å². The molecular formula is C13H20BrNS. The second-order valence-electron chi connectivity index (χ2n) is 4.47. The van der Waals surface area contributed by atoms with Gasteiger partial charge in [-0.25, -0.2) is 0 Å². The highest BCUT2D eigenvalue weighted by Crippen LogP contribution is 2.20. The van der Waals surface area contributed by atoms with Gasteiger partial charge in [-0.1, -0.05) is 22.9 Å².